The van der Waals surface area contributed by atoms with Gasteiger partial charge in [0.2, 0.25) is 0 Å². The number of aromatic nitrogens is 1. The topological polar surface area (TPSA) is 98.6 Å². The second-order valence-electron chi connectivity index (χ2n) is 7.83. The lowest BCUT2D eigenvalue weighted by Crippen LogP contribution is -2.37. The molecule has 0 aliphatic heterocycles. The van der Waals surface area contributed by atoms with Gasteiger partial charge in [-0.25, -0.2) is 9.78 Å². The number of nitrogens with two attached hydrogens (primary N) is 1. The Bertz CT molecular complexity index is 914. The SMILES string of the molecule is CC(C)(Oc1ccc(CCC(N)CCCc2nc3ccccc3o2)cc1)C(=O)O. The number of ether oxygens (including phenoxy) is 1. The first kappa shape index (κ1) is 20.9. The van der Waals surface area contributed by atoms with E-state index in [2.05, 4.69) is 4.98 Å². The summed E-state index contributed by atoms with van der Waals surface area (Å²) in [4.78, 5) is 15.6. The van der Waals surface area contributed by atoms with Gasteiger partial charge in [-0.2, -0.15) is 0 Å². The number of carboxylic acids is 1. The van der Waals surface area contributed by atoms with Crippen molar-refractivity contribution in [3.63, 3.8) is 0 Å². The number of nitrogens with zero attached hydrogens (tertiary/aromatic N) is 1. The molecule has 29 heavy (non-hydrogen) atoms. The third-order valence-electron chi connectivity index (χ3n) is 4.92. The Morgan fingerprint density at radius 2 is 1.86 bits per heavy atom. The van der Waals surface area contributed by atoms with Gasteiger partial charge < -0.3 is 20.0 Å². The summed E-state index contributed by atoms with van der Waals surface area (Å²) in [5.41, 5.74) is 7.89. The first-order valence-electron chi connectivity index (χ1n) is 9.95. The molecular formula is C23H28N2O4. The zero-order valence-corrected chi connectivity index (χ0v) is 16.9. The highest BCUT2D eigenvalue weighted by atomic mass is 16.5. The van der Waals surface area contributed by atoms with Gasteiger partial charge in [0.1, 0.15) is 11.3 Å². The first-order valence-corrected chi connectivity index (χ1v) is 9.95. The van der Waals surface area contributed by atoms with Gasteiger partial charge in [-0.05, 0) is 69.4 Å². The molecule has 0 radical (unpaired) electrons. The minimum absolute atomic E-state index is 0.112. The van der Waals surface area contributed by atoms with E-state index in [-0.39, 0.29) is 6.04 Å². The molecule has 0 aliphatic rings. The van der Waals surface area contributed by atoms with Crippen LogP contribution in [0.5, 0.6) is 5.75 Å². The van der Waals surface area contributed by atoms with Crippen molar-refractivity contribution in [3.8, 4) is 5.75 Å². The average molecular weight is 396 g/mol. The van der Waals surface area contributed by atoms with Crippen LogP contribution in [0.3, 0.4) is 0 Å². The van der Waals surface area contributed by atoms with Crippen molar-refractivity contribution in [2.24, 2.45) is 5.73 Å². The normalized spacial score (nSPS) is 12.8. The molecule has 0 bridgehead atoms. The smallest absolute Gasteiger partial charge is 0.347 e. The van der Waals surface area contributed by atoms with Gasteiger partial charge in [0.05, 0.1) is 0 Å². The Morgan fingerprint density at radius 3 is 2.55 bits per heavy atom. The van der Waals surface area contributed by atoms with Gasteiger partial charge in [0, 0.05) is 12.5 Å². The Balaban J connectivity index is 1.40. The van der Waals surface area contributed by atoms with Crippen LogP contribution in [0.2, 0.25) is 0 Å². The van der Waals surface area contributed by atoms with Crippen LogP contribution >= 0.6 is 0 Å². The number of oxazole rings is 1. The van der Waals surface area contributed by atoms with Crippen LogP contribution in [-0.4, -0.2) is 27.7 Å². The number of carboxylic acid groups (broad SMARTS) is 1. The molecule has 1 aromatic heterocycles. The molecule has 0 saturated carbocycles. The van der Waals surface area contributed by atoms with Crippen molar-refractivity contribution in [3.05, 3.63) is 60.0 Å². The summed E-state index contributed by atoms with van der Waals surface area (Å²) in [6.07, 6.45) is 4.38. The molecule has 154 valence electrons. The summed E-state index contributed by atoms with van der Waals surface area (Å²) >= 11 is 0. The first-order chi connectivity index (χ1) is 13.8. The predicted molar refractivity (Wildman–Crippen MR) is 112 cm³/mol. The molecule has 3 rings (SSSR count). The molecule has 0 spiro atoms. The highest BCUT2D eigenvalue weighted by molar-refractivity contribution is 5.76. The molecule has 1 heterocycles. The monoisotopic (exact) mass is 396 g/mol. The van der Waals surface area contributed by atoms with Crippen molar-refractivity contribution in [1.29, 1.82) is 0 Å². The van der Waals surface area contributed by atoms with E-state index in [1.54, 1.807) is 12.1 Å². The summed E-state index contributed by atoms with van der Waals surface area (Å²) in [6.45, 7) is 3.06. The van der Waals surface area contributed by atoms with Gasteiger partial charge in [0.15, 0.2) is 17.1 Å². The van der Waals surface area contributed by atoms with Crippen molar-refractivity contribution < 1.29 is 19.1 Å². The maximum atomic E-state index is 11.1. The summed E-state index contributed by atoms with van der Waals surface area (Å²) in [7, 11) is 0. The van der Waals surface area contributed by atoms with E-state index in [0.29, 0.717) is 5.75 Å². The zero-order valence-electron chi connectivity index (χ0n) is 16.9. The molecule has 6 heteroatoms. The van der Waals surface area contributed by atoms with E-state index in [9.17, 15) is 4.79 Å². The molecule has 3 aromatic rings. The molecule has 3 N–H and O–H groups in total. The summed E-state index contributed by atoms with van der Waals surface area (Å²) in [5.74, 6) is 0.312. The van der Waals surface area contributed by atoms with Crippen molar-refractivity contribution in [1.82, 2.24) is 4.98 Å². The number of rotatable bonds is 10. The van der Waals surface area contributed by atoms with Gasteiger partial charge in [-0.3, -0.25) is 0 Å². The van der Waals surface area contributed by atoms with Crippen LogP contribution in [0.25, 0.3) is 11.1 Å². The molecule has 0 amide bonds. The number of aliphatic carboxylic acids is 1. The lowest BCUT2D eigenvalue weighted by Gasteiger charge is -2.21. The standard InChI is InChI=1S/C23H28N2O4/c1-23(2,22(26)27)29-18-14-11-16(12-15-18)10-13-17(24)6-5-9-21-25-19-7-3-4-8-20(19)28-21/h3-4,7-8,11-12,14-15,17H,5-6,9-10,13,24H2,1-2H3,(H,26,27). The van der Waals surface area contributed by atoms with Crippen molar-refractivity contribution in [2.45, 2.75) is 57.6 Å². The van der Waals surface area contributed by atoms with E-state index in [1.165, 1.54) is 13.8 Å². The number of benzene rings is 2. The van der Waals surface area contributed by atoms with Crippen LogP contribution in [0, 0.1) is 0 Å². The van der Waals surface area contributed by atoms with E-state index >= 15 is 0 Å². The second kappa shape index (κ2) is 9.09. The summed E-state index contributed by atoms with van der Waals surface area (Å²) in [5, 5.41) is 9.13. The van der Waals surface area contributed by atoms with Crippen LogP contribution in [-0.2, 0) is 17.6 Å². The minimum Gasteiger partial charge on any atom is -0.478 e. The quantitative estimate of drug-likeness (QED) is 0.528. The van der Waals surface area contributed by atoms with Gasteiger partial charge in [-0.15, -0.1) is 0 Å². The number of hydrogen-bond donors (Lipinski definition) is 2. The fourth-order valence-electron chi connectivity index (χ4n) is 3.10. The Labute approximate surface area is 170 Å². The second-order valence-corrected chi connectivity index (χ2v) is 7.83. The summed E-state index contributed by atoms with van der Waals surface area (Å²) < 4.78 is 11.3. The Kier molecular flexibility index (Phi) is 6.54. The highest BCUT2D eigenvalue weighted by Gasteiger charge is 2.29. The van der Waals surface area contributed by atoms with Crippen LogP contribution in [0.1, 0.15) is 44.6 Å². The molecule has 1 atom stereocenters. The molecule has 2 aromatic carbocycles. The Hall–Kier alpha value is -2.86. The lowest BCUT2D eigenvalue weighted by atomic mass is 10.0. The molecule has 0 fully saturated rings. The summed E-state index contributed by atoms with van der Waals surface area (Å²) in [6, 6.07) is 15.4. The molecule has 0 aliphatic carbocycles. The van der Waals surface area contributed by atoms with Gasteiger partial charge in [-0.1, -0.05) is 24.3 Å². The average Bonchev–Trinajstić information content (AvgIpc) is 3.10. The molecular weight excluding hydrogens is 368 g/mol. The predicted octanol–water partition coefficient (Wildman–Crippen LogP) is 4.35. The van der Waals surface area contributed by atoms with E-state index < -0.39 is 11.6 Å². The van der Waals surface area contributed by atoms with Gasteiger partial charge in [0.25, 0.3) is 0 Å². The number of fused-ring (bicyclic) bond motifs is 1. The molecule has 0 saturated heterocycles. The molecule has 1 unspecified atom stereocenters. The third kappa shape index (κ3) is 5.81. The lowest BCUT2D eigenvalue weighted by molar-refractivity contribution is -0.152. The fourth-order valence-corrected chi connectivity index (χ4v) is 3.10. The van der Waals surface area contributed by atoms with E-state index in [0.717, 1.165) is 54.7 Å². The third-order valence-corrected chi connectivity index (χ3v) is 4.92. The maximum Gasteiger partial charge on any atom is 0.347 e. The van der Waals surface area contributed by atoms with E-state index in [4.69, 9.17) is 20.0 Å². The number of hydrogen-bond acceptors (Lipinski definition) is 5. The minimum atomic E-state index is -1.25. The van der Waals surface area contributed by atoms with Crippen LogP contribution in [0.4, 0.5) is 0 Å². The van der Waals surface area contributed by atoms with Crippen LogP contribution < -0.4 is 10.5 Å². The van der Waals surface area contributed by atoms with Crippen molar-refractivity contribution in [2.75, 3.05) is 0 Å². The van der Waals surface area contributed by atoms with E-state index in [1.807, 2.05) is 36.4 Å². The number of aryl methyl sites for hydroxylation is 2. The number of para-hydroxylation sites is 2. The van der Waals surface area contributed by atoms with Gasteiger partial charge >= 0.3 is 5.97 Å². The Morgan fingerprint density at radius 1 is 1.14 bits per heavy atom. The largest absolute Gasteiger partial charge is 0.478 e. The van der Waals surface area contributed by atoms with Crippen molar-refractivity contribution >= 4 is 17.1 Å². The maximum absolute atomic E-state index is 11.1. The highest BCUT2D eigenvalue weighted by Crippen LogP contribution is 2.20. The molecule has 6 nitrogen and oxygen atoms in total. The number of carbonyl (C=O) groups is 1. The zero-order chi connectivity index (χ0) is 20.9. The fraction of sp³-hybridized carbons (Fsp3) is 0.391. The van der Waals surface area contributed by atoms with Crippen LogP contribution in [0.15, 0.2) is 52.9 Å².